The number of carboxylic acids is 1. The number of ketones is 1. The fourth-order valence-corrected chi connectivity index (χ4v) is 9.61. The Morgan fingerprint density at radius 3 is 2.45 bits per heavy atom. The van der Waals surface area contributed by atoms with Gasteiger partial charge in [-0.15, -0.1) is 0 Å². The summed E-state index contributed by atoms with van der Waals surface area (Å²) in [7, 11) is 1.81. The van der Waals surface area contributed by atoms with E-state index >= 15 is 0 Å². The molecule has 4 saturated carbocycles. The summed E-state index contributed by atoms with van der Waals surface area (Å²) in [4.78, 5) is 24.4. The molecule has 33 heavy (non-hydrogen) atoms. The zero-order valence-corrected chi connectivity index (χ0v) is 20.9. The van der Waals surface area contributed by atoms with E-state index in [9.17, 15) is 24.9 Å². The first-order valence-electron chi connectivity index (χ1n) is 13.3. The molecule has 6 unspecified atom stereocenters. The fourth-order valence-electron chi connectivity index (χ4n) is 9.61. The van der Waals surface area contributed by atoms with E-state index in [1.165, 1.54) is 0 Å². The van der Waals surface area contributed by atoms with Gasteiger partial charge in [0.05, 0.1) is 18.8 Å². The molecular weight excluding hydrogens is 418 g/mol. The SMILES string of the molecule is CNCC(=O)C1C[C@@H](O)CC2CC(O)C3C(CC[C@@]4(C)C3CC[C@@H]4[C@H](C)CCC(=O)O)[C@]21C. The summed E-state index contributed by atoms with van der Waals surface area (Å²) in [6, 6.07) is 0. The number of aliphatic carboxylic acids is 1. The summed E-state index contributed by atoms with van der Waals surface area (Å²) >= 11 is 0. The standard InChI is InChI=1S/C27H45NO5/c1-15(5-8-24(32)33)18-6-7-19-25-20(9-10-26(18,19)2)27(3)16(12-22(25)30)11-17(29)13-21(27)23(31)14-28-4/h15-22,25,28-30H,5-14H2,1-4H3,(H,32,33)/t15-,16?,17+,18-,19?,20?,21?,22?,25?,26-,27+/m1/s1. The van der Waals surface area contributed by atoms with Gasteiger partial charge in [0.1, 0.15) is 5.78 Å². The molecule has 0 aromatic heterocycles. The Morgan fingerprint density at radius 2 is 1.79 bits per heavy atom. The van der Waals surface area contributed by atoms with Crippen LogP contribution < -0.4 is 5.32 Å². The minimum Gasteiger partial charge on any atom is -0.481 e. The monoisotopic (exact) mass is 463 g/mol. The van der Waals surface area contributed by atoms with Crippen LogP contribution in [-0.4, -0.2) is 52.9 Å². The van der Waals surface area contributed by atoms with Crippen LogP contribution in [0.3, 0.4) is 0 Å². The van der Waals surface area contributed by atoms with Gasteiger partial charge in [0.2, 0.25) is 0 Å². The minimum absolute atomic E-state index is 0.127. The van der Waals surface area contributed by atoms with Gasteiger partial charge in [-0.2, -0.15) is 0 Å². The topological polar surface area (TPSA) is 107 Å². The number of rotatable bonds is 7. The van der Waals surface area contributed by atoms with Crippen molar-refractivity contribution in [3.63, 3.8) is 0 Å². The number of aliphatic hydroxyl groups excluding tert-OH is 2. The molecule has 188 valence electrons. The van der Waals surface area contributed by atoms with Crippen LogP contribution in [0, 0.1) is 52.3 Å². The summed E-state index contributed by atoms with van der Waals surface area (Å²) in [5.41, 5.74) is -0.0483. The molecule has 11 atom stereocenters. The van der Waals surface area contributed by atoms with E-state index in [0.29, 0.717) is 49.5 Å². The van der Waals surface area contributed by atoms with Crippen LogP contribution in [0.25, 0.3) is 0 Å². The molecule has 4 rings (SSSR count). The molecule has 6 nitrogen and oxygen atoms in total. The highest BCUT2D eigenvalue weighted by Crippen LogP contribution is 2.69. The highest BCUT2D eigenvalue weighted by Gasteiger charge is 2.65. The van der Waals surface area contributed by atoms with Crippen LogP contribution >= 0.6 is 0 Å². The number of carbonyl (C=O) groups excluding carboxylic acids is 1. The third-order valence-electron chi connectivity index (χ3n) is 11.1. The van der Waals surface area contributed by atoms with Gasteiger partial charge < -0.3 is 20.6 Å². The van der Waals surface area contributed by atoms with E-state index in [-0.39, 0.29) is 46.9 Å². The average molecular weight is 464 g/mol. The number of nitrogens with one attached hydrogen (secondary N) is 1. The fraction of sp³-hybridized carbons (Fsp3) is 0.926. The van der Waals surface area contributed by atoms with Crippen LogP contribution in [0.4, 0.5) is 0 Å². The van der Waals surface area contributed by atoms with Gasteiger partial charge in [0, 0.05) is 12.3 Å². The zero-order valence-electron chi connectivity index (χ0n) is 20.9. The van der Waals surface area contributed by atoms with Crippen molar-refractivity contribution in [1.29, 1.82) is 0 Å². The van der Waals surface area contributed by atoms with E-state index in [1.54, 1.807) is 7.05 Å². The van der Waals surface area contributed by atoms with Crippen molar-refractivity contribution in [3.8, 4) is 0 Å². The predicted molar refractivity (Wildman–Crippen MR) is 126 cm³/mol. The summed E-state index contributed by atoms with van der Waals surface area (Å²) in [6.45, 7) is 7.26. The minimum atomic E-state index is -0.719. The molecule has 0 spiro atoms. The molecule has 4 aliphatic rings. The van der Waals surface area contributed by atoms with E-state index < -0.39 is 12.1 Å². The van der Waals surface area contributed by atoms with Gasteiger partial charge in [-0.25, -0.2) is 0 Å². The number of fused-ring (bicyclic) bond motifs is 5. The lowest BCUT2D eigenvalue weighted by molar-refractivity contribution is -0.196. The lowest BCUT2D eigenvalue weighted by atomic mass is 9.41. The van der Waals surface area contributed by atoms with Crippen molar-refractivity contribution in [2.24, 2.45) is 52.3 Å². The second-order valence-electron chi connectivity index (χ2n) is 12.5. The Kier molecular flexibility index (Phi) is 7.03. The third-order valence-corrected chi connectivity index (χ3v) is 11.1. The Balaban J connectivity index is 1.62. The molecule has 6 heteroatoms. The number of aliphatic hydroxyl groups is 2. The molecule has 0 radical (unpaired) electrons. The highest BCUT2D eigenvalue weighted by molar-refractivity contribution is 5.84. The summed E-state index contributed by atoms with van der Waals surface area (Å²) in [6.07, 6.45) is 6.34. The number of carboxylic acid groups (broad SMARTS) is 1. The van der Waals surface area contributed by atoms with Crippen molar-refractivity contribution in [2.45, 2.75) is 90.8 Å². The Hall–Kier alpha value is -0.980. The Morgan fingerprint density at radius 1 is 1.06 bits per heavy atom. The summed E-state index contributed by atoms with van der Waals surface area (Å²) < 4.78 is 0. The van der Waals surface area contributed by atoms with Gasteiger partial charge in [-0.05, 0) is 105 Å². The summed E-state index contributed by atoms with van der Waals surface area (Å²) in [5, 5.41) is 34.3. The van der Waals surface area contributed by atoms with E-state index in [4.69, 9.17) is 0 Å². The predicted octanol–water partition coefficient (Wildman–Crippen LogP) is 3.49. The highest BCUT2D eigenvalue weighted by atomic mass is 16.4. The third kappa shape index (κ3) is 4.08. The number of hydrogen-bond donors (Lipinski definition) is 4. The maximum Gasteiger partial charge on any atom is 0.303 e. The Labute approximate surface area is 198 Å². The smallest absolute Gasteiger partial charge is 0.303 e. The second kappa shape index (κ2) is 9.23. The van der Waals surface area contributed by atoms with Crippen molar-refractivity contribution < 1.29 is 24.9 Å². The maximum atomic E-state index is 13.2. The van der Waals surface area contributed by atoms with Crippen molar-refractivity contribution in [2.75, 3.05) is 13.6 Å². The number of carbonyl (C=O) groups is 2. The van der Waals surface area contributed by atoms with Gasteiger partial charge in [0.25, 0.3) is 0 Å². The van der Waals surface area contributed by atoms with Crippen LogP contribution in [-0.2, 0) is 9.59 Å². The van der Waals surface area contributed by atoms with Crippen LogP contribution in [0.1, 0.15) is 78.6 Å². The van der Waals surface area contributed by atoms with Gasteiger partial charge in [0.15, 0.2) is 0 Å². The Bertz CT molecular complexity index is 757. The van der Waals surface area contributed by atoms with Crippen molar-refractivity contribution in [3.05, 3.63) is 0 Å². The van der Waals surface area contributed by atoms with Crippen LogP contribution in [0.5, 0.6) is 0 Å². The van der Waals surface area contributed by atoms with Crippen molar-refractivity contribution >= 4 is 11.8 Å². The lowest BCUT2D eigenvalue weighted by Crippen LogP contribution is -2.62. The first-order chi connectivity index (χ1) is 15.5. The van der Waals surface area contributed by atoms with E-state index in [1.807, 2.05) is 0 Å². The molecule has 4 N–H and O–H groups in total. The zero-order chi connectivity index (χ0) is 24.1. The lowest BCUT2D eigenvalue weighted by Gasteiger charge is -2.64. The molecular formula is C27H45NO5. The quantitative estimate of drug-likeness (QED) is 0.460. The van der Waals surface area contributed by atoms with Gasteiger partial charge >= 0.3 is 5.97 Å². The number of Topliss-reactive ketones (excluding diaryl/α,β-unsaturated/α-hetero) is 1. The number of likely N-dealkylation sites (N-methyl/N-ethyl adjacent to an activating group) is 1. The normalized spacial score (nSPS) is 47.8. The maximum absolute atomic E-state index is 13.2. The largest absolute Gasteiger partial charge is 0.481 e. The van der Waals surface area contributed by atoms with Gasteiger partial charge in [-0.3, -0.25) is 9.59 Å². The second-order valence-corrected chi connectivity index (χ2v) is 12.5. The first-order valence-corrected chi connectivity index (χ1v) is 13.3. The molecule has 0 aromatic rings. The number of hydrogen-bond acceptors (Lipinski definition) is 5. The van der Waals surface area contributed by atoms with Crippen LogP contribution in [0.2, 0.25) is 0 Å². The molecule has 0 amide bonds. The molecule has 0 bridgehead atoms. The van der Waals surface area contributed by atoms with Gasteiger partial charge in [-0.1, -0.05) is 20.8 Å². The van der Waals surface area contributed by atoms with E-state index in [2.05, 4.69) is 26.1 Å². The van der Waals surface area contributed by atoms with Crippen molar-refractivity contribution in [1.82, 2.24) is 5.32 Å². The molecule has 4 fully saturated rings. The summed E-state index contributed by atoms with van der Waals surface area (Å²) in [5.74, 6) is 1.30. The van der Waals surface area contributed by atoms with E-state index in [0.717, 1.165) is 32.1 Å². The van der Waals surface area contributed by atoms with Crippen LogP contribution in [0.15, 0.2) is 0 Å². The molecule has 4 aliphatic carbocycles. The molecule has 0 heterocycles. The molecule has 0 aliphatic heterocycles. The molecule has 0 aromatic carbocycles. The molecule has 0 saturated heterocycles. The first kappa shape index (κ1) is 25.1. The average Bonchev–Trinajstić information content (AvgIpc) is 3.10.